The van der Waals surface area contributed by atoms with Crippen LogP contribution in [0.1, 0.15) is 71.2 Å². The molecule has 1 heterocycles. The zero-order valence-corrected chi connectivity index (χ0v) is 23.5. The van der Waals surface area contributed by atoms with E-state index in [2.05, 4.69) is 0 Å². The molecular weight excluding hydrogens is 504 g/mol. The van der Waals surface area contributed by atoms with E-state index < -0.39 is 5.54 Å². The lowest BCUT2D eigenvalue weighted by atomic mass is 9.86. The Bertz CT molecular complexity index is 1560. The molecule has 7 nitrogen and oxygen atoms in total. The molecule has 4 rings (SSSR count). The summed E-state index contributed by atoms with van der Waals surface area (Å²) >= 11 is 0. The van der Waals surface area contributed by atoms with Crippen LogP contribution < -0.4 is 15.9 Å². The van der Waals surface area contributed by atoms with E-state index in [1.165, 1.54) is 6.92 Å². The number of Topliss-reactive ketones (excluding diaryl/α,β-unsaturated/α-hetero) is 1. The molecule has 208 valence electrons. The summed E-state index contributed by atoms with van der Waals surface area (Å²) in [6.07, 6.45) is 1.39. The summed E-state index contributed by atoms with van der Waals surface area (Å²) in [6.45, 7) is 6.15. The van der Waals surface area contributed by atoms with Gasteiger partial charge in [-0.15, -0.1) is 0 Å². The zero-order chi connectivity index (χ0) is 28.9. The van der Waals surface area contributed by atoms with Crippen molar-refractivity contribution in [3.05, 3.63) is 111 Å². The second-order valence-corrected chi connectivity index (χ2v) is 10.1. The number of nitrogens with zero attached hydrogens (tertiary/aromatic N) is 1. The van der Waals surface area contributed by atoms with E-state index in [-0.39, 0.29) is 17.1 Å². The third-order valence-corrected chi connectivity index (χ3v) is 7.56. The van der Waals surface area contributed by atoms with E-state index in [0.717, 1.165) is 5.56 Å². The number of benzene rings is 3. The molecule has 1 aromatic heterocycles. The predicted molar refractivity (Wildman–Crippen MR) is 157 cm³/mol. The van der Waals surface area contributed by atoms with E-state index in [1.54, 1.807) is 54.5 Å². The molecule has 0 spiro atoms. The first-order valence-corrected chi connectivity index (χ1v) is 13.5. The van der Waals surface area contributed by atoms with E-state index in [0.29, 0.717) is 71.5 Å². The van der Waals surface area contributed by atoms with Crippen molar-refractivity contribution in [2.24, 2.45) is 5.73 Å². The van der Waals surface area contributed by atoms with Crippen molar-refractivity contribution >= 4 is 22.7 Å². The normalized spacial score (nSPS) is 12.6. The number of methoxy groups -OCH3 is 1. The van der Waals surface area contributed by atoms with E-state index >= 15 is 0 Å². The van der Waals surface area contributed by atoms with Gasteiger partial charge < -0.3 is 19.8 Å². The first kappa shape index (κ1) is 28.8. The molecule has 0 aliphatic carbocycles. The van der Waals surface area contributed by atoms with Crippen molar-refractivity contribution in [2.75, 3.05) is 20.2 Å². The molecule has 0 fully saturated rings. The van der Waals surface area contributed by atoms with Crippen LogP contribution in [0.5, 0.6) is 5.75 Å². The fraction of sp³-hybridized carbons (Fsp3) is 0.303. The van der Waals surface area contributed by atoms with Crippen LogP contribution in [0.2, 0.25) is 0 Å². The molecule has 4 aromatic rings. The lowest BCUT2D eigenvalue weighted by Gasteiger charge is -2.41. The molecule has 0 aliphatic heterocycles. The third kappa shape index (κ3) is 5.70. The lowest BCUT2D eigenvalue weighted by Crippen LogP contribution is -2.49. The number of fused-ring (bicyclic) bond motifs is 1. The number of ketones is 1. The molecule has 1 atom stereocenters. The standard InChI is InChI=1S/C33H36N2O5/c1-5-33(3,35(19-9-18-34)32(38)25-14-12-24(13-15-25)22(2)36)31-28(20-23-10-7-6-8-11-23)30(37)27-17-16-26(39-4)21-29(27)40-31/h6-8,10-17,21H,5,9,18-20,34H2,1-4H3. The highest BCUT2D eigenvalue weighted by Gasteiger charge is 2.41. The minimum Gasteiger partial charge on any atom is -0.497 e. The SMILES string of the molecule is CCC(C)(c1oc2cc(OC)ccc2c(=O)c1Cc1ccccc1)N(CCCN)C(=O)c1ccc(C(C)=O)cc1. The van der Waals surface area contributed by atoms with Gasteiger partial charge in [0, 0.05) is 35.7 Å². The highest BCUT2D eigenvalue weighted by Crippen LogP contribution is 2.37. The molecule has 0 saturated heterocycles. The molecule has 1 unspecified atom stereocenters. The largest absolute Gasteiger partial charge is 0.497 e. The maximum Gasteiger partial charge on any atom is 0.254 e. The summed E-state index contributed by atoms with van der Waals surface area (Å²) in [6, 6.07) is 21.5. The molecule has 40 heavy (non-hydrogen) atoms. The van der Waals surface area contributed by atoms with Gasteiger partial charge in [-0.3, -0.25) is 14.4 Å². The van der Waals surface area contributed by atoms with Crippen LogP contribution in [0, 0.1) is 0 Å². The van der Waals surface area contributed by atoms with Gasteiger partial charge in [-0.25, -0.2) is 0 Å². The molecular formula is C33H36N2O5. The fourth-order valence-electron chi connectivity index (χ4n) is 5.03. The number of rotatable bonds is 11. The molecule has 2 N–H and O–H groups in total. The van der Waals surface area contributed by atoms with Crippen molar-refractivity contribution in [1.82, 2.24) is 4.90 Å². The number of hydrogen-bond acceptors (Lipinski definition) is 6. The summed E-state index contributed by atoms with van der Waals surface area (Å²) in [4.78, 5) is 41.7. The van der Waals surface area contributed by atoms with Crippen molar-refractivity contribution in [1.29, 1.82) is 0 Å². The second-order valence-electron chi connectivity index (χ2n) is 10.1. The van der Waals surface area contributed by atoms with E-state index in [4.69, 9.17) is 14.9 Å². The van der Waals surface area contributed by atoms with Gasteiger partial charge in [-0.2, -0.15) is 0 Å². The van der Waals surface area contributed by atoms with Gasteiger partial charge in [-0.1, -0.05) is 49.4 Å². The van der Waals surface area contributed by atoms with Crippen molar-refractivity contribution in [2.45, 2.75) is 45.6 Å². The maximum absolute atomic E-state index is 14.1. The van der Waals surface area contributed by atoms with Gasteiger partial charge in [0.25, 0.3) is 5.91 Å². The Morgan fingerprint density at radius 2 is 1.68 bits per heavy atom. The highest BCUT2D eigenvalue weighted by molar-refractivity contribution is 5.98. The van der Waals surface area contributed by atoms with Gasteiger partial charge >= 0.3 is 0 Å². The number of nitrogens with two attached hydrogens (primary N) is 1. The zero-order valence-electron chi connectivity index (χ0n) is 23.5. The van der Waals surface area contributed by atoms with Crippen LogP contribution >= 0.6 is 0 Å². The summed E-state index contributed by atoms with van der Waals surface area (Å²) in [5.41, 5.74) is 7.61. The number of carbonyl (C=O) groups is 2. The second kappa shape index (κ2) is 12.3. The predicted octanol–water partition coefficient (Wildman–Crippen LogP) is 5.71. The summed E-state index contributed by atoms with van der Waals surface area (Å²) in [7, 11) is 1.56. The Labute approximate surface area is 234 Å². The first-order chi connectivity index (χ1) is 19.2. The molecule has 0 radical (unpaired) electrons. The summed E-state index contributed by atoms with van der Waals surface area (Å²) in [5, 5.41) is 0.452. The van der Waals surface area contributed by atoms with Gasteiger partial charge in [0.2, 0.25) is 0 Å². The average molecular weight is 541 g/mol. The minimum absolute atomic E-state index is 0.0729. The number of amides is 1. The Balaban J connectivity index is 1.94. The molecule has 0 aliphatic rings. The van der Waals surface area contributed by atoms with Crippen molar-refractivity contribution < 1.29 is 18.7 Å². The summed E-state index contributed by atoms with van der Waals surface area (Å²) in [5.74, 6) is 0.704. The Kier molecular flexibility index (Phi) is 8.85. The molecule has 3 aromatic carbocycles. The molecule has 1 amide bonds. The Morgan fingerprint density at radius 3 is 2.27 bits per heavy atom. The van der Waals surface area contributed by atoms with Crippen LogP contribution in [0.25, 0.3) is 11.0 Å². The van der Waals surface area contributed by atoms with Crippen LogP contribution in [0.3, 0.4) is 0 Å². The smallest absolute Gasteiger partial charge is 0.254 e. The van der Waals surface area contributed by atoms with Crippen LogP contribution in [-0.2, 0) is 12.0 Å². The highest BCUT2D eigenvalue weighted by atomic mass is 16.5. The third-order valence-electron chi connectivity index (χ3n) is 7.56. The van der Waals surface area contributed by atoms with E-state index in [9.17, 15) is 14.4 Å². The summed E-state index contributed by atoms with van der Waals surface area (Å²) < 4.78 is 12.0. The molecule has 7 heteroatoms. The molecule has 0 bridgehead atoms. The average Bonchev–Trinajstić information content (AvgIpc) is 2.98. The fourth-order valence-corrected chi connectivity index (χ4v) is 5.03. The van der Waals surface area contributed by atoms with Gasteiger partial charge in [0.05, 0.1) is 18.0 Å². The van der Waals surface area contributed by atoms with Gasteiger partial charge in [0.1, 0.15) is 17.1 Å². The monoisotopic (exact) mass is 540 g/mol. The topological polar surface area (TPSA) is 103 Å². The van der Waals surface area contributed by atoms with Gasteiger partial charge in [0.15, 0.2) is 11.2 Å². The van der Waals surface area contributed by atoms with Crippen LogP contribution in [0.4, 0.5) is 0 Å². The van der Waals surface area contributed by atoms with Crippen LogP contribution in [0.15, 0.2) is 82.0 Å². The maximum atomic E-state index is 14.1. The van der Waals surface area contributed by atoms with Crippen LogP contribution in [-0.4, -0.2) is 36.8 Å². The number of carbonyl (C=O) groups excluding carboxylic acids is 2. The Hall–Kier alpha value is -4.23. The van der Waals surface area contributed by atoms with E-state index in [1.807, 2.05) is 44.2 Å². The molecule has 0 saturated carbocycles. The lowest BCUT2D eigenvalue weighted by molar-refractivity contribution is 0.0420. The number of ether oxygens (including phenoxy) is 1. The van der Waals surface area contributed by atoms with Crippen molar-refractivity contribution in [3.8, 4) is 5.75 Å². The number of hydrogen-bond donors (Lipinski definition) is 1. The Morgan fingerprint density at radius 1 is 1.00 bits per heavy atom. The van der Waals surface area contributed by atoms with Crippen molar-refractivity contribution in [3.63, 3.8) is 0 Å². The first-order valence-electron chi connectivity index (χ1n) is 13.5. The minimum atomic E-state index is -0.980. The van der Waals surface area contributed by atoms with Gasteiger partial charge in [-0.05, 0) is 63.1 Å². The quantitative estimate of drug-likeness (QED) is 0.244.